The molecule has 0 aliphatic heterocycles. The van der Waals surface area contributed by atoms with E-state index in [1.54, 1.807) is 0 Å². The van der Waals surface area contributed by atoms with Crippen molar-refractivity contribution in [1.82, 2.24) is 9.78 Å². The number of alkyl halides is 6. The summed E-state index contributed by atoms with van der Waals surface area (Å²) in [6.07, 6.45) is -4.87. The van der Waals surface area contributed by atoms with E-state index < -0.39 is 76.1 Å². The van der Waals surface area contributed by atoms with Gasteiger partial charge in [0.25, 0.3) is 10.0 Å². The highest BCUT2D eigenvalue weighted by Gasteiger charge is 2.39. The smallest absolute Gasteiger partial charge is 0.252 e. The number of nitriles is 1. The molecule has 0 bridgehead atoms. The molecule has 0 aliphatic carbocycles. The third-order valence-corrected chi connectivity index (χ3v) is 7.87. The van der Waals surface area contributed by atoms with Gasteiger partial charge in [0.15, 0.2) is 11.5 Å². The molecule has 17 heteroatoms. The fraction of sp³-hybridized carbons (Fsp3) is 0.158. The largest absolute Gasteiger partial charge is 0.446 e. The van der Waals surface area contributed by atoms with Gasteiger partial charge < -0.3 is 0 Å². The number of hydrogen-bond donors (Lipinski definition) is 0. The topological polar surface area (TPSA) is 79.0 Å². The zero-order chi connectivity index (χ0) is 27.2. The molecule has 0 radical (unpaired) electrons. The lowest BCUT2D eigenvalue weighted by atomic mass is 10.2. The summed E-state index contributed by atoms with van der Waals surface area (Å²) in [5.74, 6) is -0.840. The van der Waals surface area contributed by atoms with Gasteiger partial charge in [-0.05, 0) is 48.2 Å². The predicted octanol–water partition coefficient (Wildman–Crippen LogP) is 7.16. The van der Waals surface area contributed by atoms with Gasteiger partial charge in [-0.25, -0.2) is 13.1 Å². The van der Waals surface area contributed by atoms with Crippen LogP contribution in [0.25, 0.3) is 5.69 Å². The van der Waals surface area contributed by atoms with Gasteiger partial charge in [0, 0.05) is 12.1 Å². The minimum Gasteiger partial charge on any atom is -0.252 e. The first-order valence-electron chi connectivity index (χ1n) is 9.07. The number of nitrogens with zero attached hydrogens (tertiary/aromatic N) is 4. The lowest BCUT2D eigenvalue weighted by molar-refractivity contribution is -0.137. The number of hydrogen-bond acceptors (Lipinski definition) is 5. The molecule has 0 atom stereocenters. The van der Waals surface area contributed by atoms with Crippen molar-refractivity contribution in [2.45, 2.75) is 21.5 Å². The van der Waals surface area contributed by atoms with Gasteiger partial charge in [-0.3, -0.25) is 4.31 Å². The van der Waals surface area contributed by atoms with Gasteiger partial charge in [0.2, 0.25) is 0 Å². The summed E-state index contributed by atoms with van der Waals surface area (Å²) >= 11 is 16.9. The molecule has 3 aromatic rings. The Balaban J connectivity index is 2.36. The van der Waals surface area contributed by atoms with Crippen LogP contribution in [-0.2, 0) is 16.2 Å². The Morgan fingerprint density at radius 3 is 2.00 bits per heavy atom. The van der Waals surface area contributed by atoms with Gasteiger partial charge in [-0.1, -0.05) is 34.8 Å². The molecule has 0 unspecified atom stereocenters. The number of benzene rings is 2. The van der Waals surface area contributed by atoms with E-state index in [0.717, 1.165) is 19.2 Å². The quantitative estimate of drug-likeness (QED) is 0.227. The molecule has 1 heterocycles. The Kier molecular flexibility index (Phi) is 7.74. The summed E-state index contributed by atoms with van der Waals surface area (Å²) in [6, 6.07) is 6.88. The maximum Gasteiger partial charge on any atom is 0.446 e. The predicted molar refractivity (Wildman–Crippen MR) is 122 cm³/mol. The second kappa shape index (κ2) is 9.86. The van der Waals surface area contributed by atoms with Crippen molar-refractivity contribution >= 4 is 62.4 Å². The molecule has 36 heavy (non-hydrogen) atoms. The van der Waals surface area contributed by atoms with Crippen LogP contribution in [0.15, 0.2) is 46.2 Å². The van der Waals surface area contributed by atoms with E-state index in [0.29, 0.717) is 21.1 Å². The molecule has 192 valence electrons. The van der Waals surface area contributed by atoms with Crippen molar-refractivity contribution in [3.05, 3.63) is 62.7 Å². The van der Waals surface area contributed by atoms with E-state index in [9.17, 15) is 40.0 Å². The zero-order valence-electron chi connectivity index (χ0n) is 17.3. The van der Waals surface area contributed by atoms with Gasteiger partial charge in [0.1, 0.15) is 11.8 Å². The summed E-state index contributed by atoms with van der Waals surface area (Å²) in [5.41, 5.74) is -7.74. The van der Waals surface area contributed by atoms with Crippen LogP contribution in [0.4, 0.5) is 32.2 Å². The maximum atomic E-state index is 13.4. The number of sulfonamides is 1. The average molecular weight is 610 g/mol. The molecule has 0 fully saturated rings. The lowest BCUT2D eigenvalue weighted by Gasteiger charge is -2.23. The molecule has 0 saturated carbocycles. The minimum atomic E-state index is -5.01. The Morgan fingerprint density at radius 2 is 1.56 bits per heavy atom. The van der Waals surface area contributed by atoms with Crippen molar-refractivity contribution < 1.29 is 34.8 Å². The van der Waals surface area contributed by atoms with Crippen LogP contribution in [0.5, 0.6) is 0 Å². The Hall–Kier alpha value is -2.31. The highest BCUT2D eigenvalue weighted by molar-refractivity contribution is 8.00. The van der Waals surface area contributed by atoms with E-state index in [2.05, 4.69) is 5.10 Å². The molecular formula is C19H9Cl3F6N4O2S2. The van der Waals surface area contributed by atoms with E-state index >= 15 is 0 Å². The van der Waals surface area contributed by atoms with Gasteiger partial charge in [-0.15, -0.1) is 0 Å². The monoisotopic (exact) mass is 608 g/mol. The summed E-state index contributed by atoms with van der Waals surface area (Å²) in [5, 5.41) is 11.8. The van der Waals surface area contributed by atoms with Crippen LogP contribution >= 0.6 is 46.6 Å². The van der Waals surface area contributed by atoms with Gasteiger partial charge in [0.05, 0.1) is 25.4 Å². The van der Waals surface area contributed by atoms with Crippen molar-refractivity contribution in [2.75, 3.05) is 11.4 Å². The van der Waals surface area contributed by atoms with E-state index in [1.165, 1.54) is 18.2 Å². The second-order valence-corrected chi connectivity index (χ2v) is 11.1. The van der Waals surface area contributed by atoms with Crippen LogP contribution in [0, 0.1) is 11.3 Å². The number of thioether (sulfide) groups is 1. The molecule has 6 nitrogen and oxygen atoms in total. The van der Waals surface area contributed by atoms with E-state index in [-0.39, 0.29) is 5.02 Å². The summed E-state index contributed by atoms with van der Waals surface area (Å²) in [4.78, 5) is -1.34. The molecular weight excluding hydrogens is 601 g/mol. The van der Waals surface area contributed by atoms with Crippen molar-refractivity contribution in [3.63, 3.8) is 0 Å². The first-order chi connectivity index (χ1) is 16.5. The molecule has 2 aromatic carbocycles. The number of halogens is 9. The highest BCUT2D eigenvalue weighted by Crippen LogP contribution is 2.47. The first-order valence-corrected chi connectivity index (χ1v) is 12.5. The second-order valence-electron chi connectivity index (χ2n) is 6.79. The van der Waals surface area contributed by atoms with Gasteiger partial charge in [-0.2, -0.15) is 36.7 Å². The molecule has 1 aromatic heterocycles. The molecule has 0 N–H and O–H groups in total. The maximum absolute atomic E-state index is 13.4. The van der Waals surface area contributed by atoms with Gasteiger partial charge >= 0.3 is 11.7 Å². The third kappa shape index (κ3) is 5.65. The van der Waals surface area contributed by atoms with Crippen molar-refractivity contribution in [1.29, 1.82) is 5.26 Å². The van der Waals surface area contributed by atoms with Crippen LogP contribution in [0.1, 0.15) is 11.3 Å². The van der Waals surface area contributed by atoms with E-state index in [4.69, 9.17) is 34.8 Å². The summed E-state index contributed by atoms with van der Waals surface area (Å²) in [6.45, 7) is 0. The standard InChI is InChI=1S/C19H9Cl3F6N4O2S2/c1-31(36(33,34)11-4-2-10(20)3-5-11)17-16(35-19(26,27)28)14(8-29)30-32(17)15-12(21)6-9(7-13(15)22)18(23,24)25/h2-7H,1H3. The van der Waals surface area contributed by atoms with Crippen LogP contribution in [0.2, 0.25) is 15.1 Å². The molecule has 3 rings (SSSR count). The van der Waals surface area contributed by atoms with E-state index in [1.807, 2.05) is 0 Å². The Bertz CT molecular complexity index is 1440. The Labute approximate surface area is 219 Å². The molecule has 0 saturated heterocycles. The lowest BCUT2D eigenvalue weighted by Crippen LogP contribution is -2.29. The SMILES string of the molecule is CN(c1c(SC(F)(F)F)c(C#N)nn1-c1c(Cl)cc(C(F)(F)F)cc1Cl)S(=O)(=O)c1ccc(Cl)cc1. The number of aromatic nitrogens is 2. The number of rotatable bonds is 5. The summed E-state index contributed by atoms with van der Waals surface area (Å²) in [7, 11) is -3.75. The highest BCUT2D eigenvalue weighted by atomic mass is 35.5. The van der Waals surface area contributed by atoms with Crippen LogP contribution in [0.3, 0.4) is 0 Å². The van der Waals surface area contributed by atoms with Crippen LogP contribution in [-0.4, -0.2) is 30.8 Å². The summed E-state index contributed by atoms with van der Waals surface area (Å²) < 4.78 is 107. The fourth-order valence-electron chi connectivity index (χ4n) is 2.92. The average Bonchev–Trinajstić information content (AvgIpc) is 3.08. The first kappa shape index (κ1) is 28.3. The molecule has 0 aliphatic rings. The normalized spacial score (nSPS) is 12.5. The number of anilines is 1. The molecule has 0 spiro atoms. The minimum absolute atomic E-state index is 0.171. The molecule has 0 amide bonds. The zero-order valence-corrected chi connectivity index (χ0v) is 21.2. The fourth-order valence-corrected chi connectivity index (χ4v) is 5.67. The van der Waals surface area contributed by atoms with Crippen molar-refractivity contribution in [2.24, 2.45) is 0 Å². The third-order valence-electron chi connectivity index (χ3n) is 4.47. The van der Waals surface area contributed by atoms with Crippen molar-refractivity contribution in [3.8, 4) is 11.8 Å². The van der Waals surface area contributed by atoms with Crippen LogP contribution < -0.4 is 4.31 Å². The Morgan fingerprint density at radius 1 is 1.03 bits per heavy atom.